The maximum Gasteiger partial charge on any atom is 0.389 e. The van der Waals surface area contributed by atoms with Gasteiger partial charge in [-0.2, -0.15) is 13.2 Å². The maximum absolute atomic E-state index is 12.0. The Balaban J connectivity index is 2.04. The van der Waals surface area contributed by atoms with Crippen molar-refractivity contribution >= 4 is 33.0 Å². The number of nitrogens with two attached hydrogens (primary N) is 1. The van der Waals surface area contributed by atoms with Gasteiger partial charge in [-0.25, -0.2) is 0 Å². The molecule has 0 atom stereocenters. The fourth-order valence-electron chi connectivity index (χ4n) is 1.97. The largest absolute Gasteiger partial charge is 0.397 e. The second kappa shape index (κ2) is 5.93. The minimum atomic E-state index is -4.20. The summed E-state index contributed by atoms with van der Waals surface area (Å²) in [6.07, 6.45) is -5.24. The van der Waals surface area contributed by atoms with Gasteiger partial charge in [0.05, 0.1) is 5.69 Å². The highest BCUT2D eigenvalue weighted by atomic mass is 32.1. The first kappa shape index (κ1) is 15.6. The van der Waals surface area contributed by atoms with Gasteiger partial charge in [-0.1, -0.05) is 11.6 Å². The molecule has 1 amide bonds. The van der Waals surface area contributed by atoms with E-state index in [1.54, 1.807) is 0 Å². The average molecular weight is 316 g/mol. The number of thiophene rings is 1. The molecule has 0 bridgehead atoms. The van der Waals surface area contributed by atoms with Crippen molar-refractivity contribution in [1.29, 1.82) is 0 Å². The van der Waals surface area contributed by atoms with E-state index in [2.05, 4.69) is 5.32 Å². The second-order valence-corrected chi connectivity index (χ2v) is 5.87. The predicted octanol–water partition coefficient (Wildman–Crippen LogP) is 3.86. The Morgan fingerprint density at radius 2 is 2.10 bits per heavy atom. The van der Waals surface area contributed by atoms with Gasteiger partial charge in [0.15, 0.2) is 0 Å². The number of nitrogen functional groups attached to an aromatic ring is 1. The fraction of sp³-hybridized carbons (Fsp3) is 0.357. The first-order chi connectivity index (χ1) is 9.78. The molecule has 0 aliphatic carbocycles. The van der Waals surface area contributed by atoms with E-state index < -0.39 is 18.5 Å². The normalized spacial score (nSPS) is 11.8. The molecular formula is C14H15F3N2OS. The molecule has 1 aromatic carbocycles. The predicted molar refractivity (Wildman–Crippen MR) is 78.6 cm³/mol. The molecule has 3 N–H and O–H groups in total. The van der Waals surface area contributed by atoms with Crippen LogP contribution in [0.2, 0.25) is 0 Å². The number of aryl methyl sites for hydroxylation is 1. The standard InChI is InChI=1S/C14H15F3N2OS/c1-8-3-4-10-9(7-8)11(18)12(21-10)13(20)19-6-2-5-14(15,16)17/h3-4,7H,2,5-6,18H2,1H3,(H,19,20). The van der Waals surface area contributed by atoms with Gasteiger partial charge in [0, 0.05) is 23.1 Å². The molecule has 0 fully saturated rings. The highest BCUT2D eigenvalue weighted by Gasteiger charge is 2.26. The minimum absolute atomic E-state index is 0.0228. The van der Waals surface area contributed by atoms with Crippen molar-refractivity contribution in [2.24, 2.45) is 0 Å². The molecule has 21 heavy (non-hydrogen) atoms. The van der Waals surface area contributed by atoms with Crippen LogP contribution >= 0.6 is 11.3 Å². The van der Waals surface area contributed by atoms with E-state index in [1.165, 1.54) is 11.3 Å². The summed E-state index contributed by atoms with van der Waals surface area (Å²) in [7, 11) is 0. The number of anilines is 1. The van der Waals surface area contributed by atoms with Crippen molar-refractivity contribution in [2.75, 3.05) is 12.3 Å². The molecule has 3 nitrogen and oxygen atoms in total. The highest BCUT2D eigenvalue weighted by Crippen LogP contribution is 2.34. The maximum atomic E-state index is 12.0. The lowest BCUT2D eigenvalue weighted by atomic mass is 10.1. The lowest BCUT2D eigenvalue weighted by Crippen LogP contribution is -2.25. The molecular weight excluding hydrogens is 301 g/mol. The number of carbonyl (C=O) groups is 1. The zero-order valence-electron chi connectivity index (χ0n) is 11.4. The van der Waals surface area contributed by atoms with Crippen molar-refractivity contribution in [3.05, 3.63) is 28.6 Å². The molecule has 0 saturated heterocycles. The first-order valence-corrected chi connectivity index (χ1v) is 7.23. The number of fused-ring (bicyclic) bond motifs is 1. The van der Waals surface area contributed by atoms with Crippen LogP contribution in [-0.2, 0) is 0 Å². The first-order valence-electron chi connectivity index (χ1n) is 6.41. The summed E-state index contributed by atoms with van der Waals surface area (Å²) in [6.45, 7) is 1.90. The second-order valence-electron chi connectivity index (χ2n) is 4.82. The number of alkyl halides is 3. The van der Waals surface area contributed by atoms with Crippen LogP contribution in [0.3, 0.4) is 0 Å². The van der Waals surface area contributed by atoms with Gasteiger partial charge >= 0.3 is 6.18 Å². The molecule has 0 radical (unpaired) electrons. The summed E-state index contributed by atoms with van der Waals surface area (Å²) in [4.78, 5) is 12.3. The number of amides is 1. The Labute approximate surface area is 123 Å². The van der Waals surface area contributed by atoms with Crippen molar-refractivity contribution < 1.29 is 18.0 Å². The van der Waals surface area contributed by atoms with Crippen LogP contribution in [0.5, 0.6) is 0 Å². The number of carbonyl (C=O) groups excluding carboxylic acids is 1. The quantitative estimate of drug-likeness (QED) is 0.842. The van der Waals surface area contributed by atoms with Crippen molar-refractivity contribution in [3.63, 3.8) is 0 Å². The molecule has 0 saturated carbocycles. The Bertz CT molecular complexity index is 664. The van der Waals surface area contributed by atoms with Crippen LogP contribution < -0.4 is 11.1 Å². The van der Waals surface area contributed by atoms with Crippen molar-refractivity contribution in [1.82, 2.24) is 5.32 Å². The SMILES string of the molecule is Cc1ccc2sc(C(=O)NCCCC(F)(F)F)c(N)c2c1. The number of hydrogen-bond acceptors (Lipinski definition) is 3. The van der Waals surface area contributed by atoms with E-state index >= 15 is 0 Å². The summed E-state index contributed by atoms with van der Waals surface area (Å²) < 4.78 is 36.9. The summed E-state index contributed by atoms with van der Waals surface area (Å²) in [5.74, 6) is -0.423. The van der Waals surface area contributed by atoms with Gasteiger partial charge in [0.25, 0.3) is 5.91 Å². The van der Waals surface area contributed by atoms with Crippen LogP contribution in [0.15, 0.2) is 18.2 Å². The Morgan fingerprint density at radius 3 is 2.76 bits per heavy atom. The zero-order valence-corrected chi connectivity index (χ0v) is 12.2. The summed E-state index contributed by atoms with van der Waals surface area (Å²) in [5.41, 5.74) is 7.36. The number of benzene rings is 1. The number of halogens is 3. The molecule has 2 aromatic rings. The average Bonchev–Trinajstić information content (AvgIpc) is 2.71. The fourth-order valence-corrected chi connectivity index (χ4v) is 2.99. The highest BCUT2D eigenvalue weighted by molar-refractivity contribution is 7.21. The van der Waals surface area contributed by atoms with E-state index in [0.717, 1.165) is 15.6 Å². The van der Waals surface area contributed by atoms with Gasteiger partial charge in [-0.3, -0.25) is 4.79 Å². The number of rotatable bonds is 4. The number of nitrogens with one attached hydrogen (secondary N) is 1. The summed E-state index contributed by atoms with van der Waals surface area (Å²) >= 11 is 1.25. The molecule has 0 unspecified atom stereocenters. The minimum Gasteiger partial charge on any atom is -0.397 e. The van der Waals surface area contributed by atoms with Crippen LogP contribution in [0.25, 0.3) is 10.1 Å². The zero-order chi connectivity index (χ0) is 15.6. The lowest BCUT2D eigenvalue weighted by Gasteiger charge is -2.07. The Morgan fingerprint density at radius 1 is 1.38 bits per heavy atom. The molecule has 1 aromatic heterocycles. The van der Waals surface area contributed by atoms with Crippen LogP contribution in [0.4, 0.5) is 18.9 Å². The monoisotopic (exact) mass is 316 g/mol. The van der Waals surface area contributed by atoms with E-state index in [1.807, 2.05) is 25.1 Å². The van der Waals surface area contributed by atoms with E-state index in [0.29, 0.717) is 10.6 Å². The van der Waals surface area contributed by atoms with Crippen LogP contribution in [-0.4, -0.2) is 18.6 Å². The van der Waals surface area contributed by atoms with Crippen molar-refractivity contribution in [2.45, 2.75) is 25.9 Å². The molecule has 2 rings (SSSR count). The molecule has 1 heterocycles. The Hall–Kier alpha value is -1.76. The van der Waals surface area contributed by atoms with Gasteiger partial charge in [-0.15, -0.1) is 11.3 Å². The summed E-state index contributed by atoms with van der Waals surface area (Å²) in [5, 5.41) is 3.29. The van der Waals surface area contributed by atoms with E-state index in [4.69, 9.17) is 5.73 Å². The summed E-state index contributed by atoms with van der Waals surface area (Å²) in [6, 6.07) is 5.69. The molecule has 0 aliphatic heterocycles. The van der Waals surface area contributed by atoms with Gasteiger partial charge in [0.1, 0.15) is 4.88 Å². The Kier molecular flexibility index (Phi) is 4.41. The van der Waals surface area contributed by atoms with E-state index in [9.17, 15) is 18.0 Å². The lowest BCUT2D eigenvalue weighted by molar-refractivity contribution is -0.135. The van der Waals surface area contributed by atoms with Gasteiger partial charge in [-0.05, 0) is 25.5 Å². The van der Waals surface area contributed by atoms with Crippen LogP contribution in [0, 0.1) is 6.92 Å². The molecule has 0 aliphatic rings. The van der Waals surface area contributed by atoms with Crippen LogP contribution in [0.1, 0.15) is 28.1 Å². The third kappa shape index (κ3) is 3.87. The molecule has 7 heteroatoms. The molecule has 114 valence electrons. The smallest absolute Gasteiger partial charge is 0.389 e. The topological polar surface area (TPSA) is 55.1 Å². The molecule has 0 spiro atoms. The van der Waals surface area contributed by atoms with Gasteiger partial charge < -0.3 is 11.1 Å². The van der Waals surface area contributed by atoms with Gasteiger partial charge in [0.2, 0.25) is 0 Å². The van der Waals surface area contributed by atoms with Crippen molar-refractivity contribution in [3.8, 4) is 0 Å². The third-order valence-electron chi connectivity index (χ3n) is 3.01. The van der Waals surface area contributed by atoms with E-state index in [-0.39, 0.29) is 13.0 Å². The number of hydrogen-bond donors (Lipinski definition) is 2. The third-order valence-corrected chi connectivity index (χ3v) is 4.20.